The Labute approximate surface area is 154 Å². The number of likely N-dealkylation sites (tertiary alicyclic amines) is 1. The molecule has 2 aliphatic rings. The van der Waals surface area contributed by atoms with E-state index < -0.39 is 24.3 Å². The molecule has 1 aromatic carbocycles. The number of ether oxygens (including phenoxy) is 1. The number of carboxylic acids is 1. The monoisotopic (exact) mass is 386 g/mol. The molecule has 0 spiro atoms. The highest BCUT2D eigenvalue weighted by Gasteiger charge is 2.36. The summed E-state index contributed by atoms with van der Waals surface area (Å²) in [6.45, 7) is 0.689. The highest BCUT2D eigenvalue weighted by molar-refractivity contribution is 5.76. The van der Waals surface area contributed by atoms with Gasteiger partial charge in [0.15, 0.2) is 0 Å². The van der Waals surface area contributed by atoms with Crippen LogP contribution in [0.4, 0.5) is 18.0 Å². The van der Waals surface area contributed by atoms with Crippen LogP contribution in [0.1, 0.15) is 37.3 Å². The molecule has 9 heteroatoms. The van der Waals surface area contributed by atoms with Crippen molar-refractivity contribution >= 4 is 12.0 Å². The lowest BCUT2D eigenvalue weighted by atomic mass is 9.97. The molecule has 0 radical (unpaired) electrons. The summed E-state index contributed by atoms with van der Waals surface area (Å²) in [5, 5.41) is 11.9. The SMILES string of the molecule is O=C(O)C1CCN(C(=O)NC(c2cccc(OC(F)(F)F)c2)C2CC2)CC1. The van der Waals surface area contributed by atoms with E-state index in [9.17, 15) is 22.8 Å². The highest BCUT2D eigenvalue weighted by Crippen LogP contribution is 2.42. The summed E-state index contributed by atoms with van der Waals surface area (Å²) in [5.74, 6) is -1.44. The summed E-state index contributed by atoms with van der Waals surface area (Å²) in [6.07, 6.45) is -2.21. The van der Waals surface area contributed by atoms with Crippen LogP contribution in [0.15, 0.2) is 24.3 Å². The number of carboxylic acid groups (broad SMARTS) is 1. The number of nitrogens with zero attached hydrogens (tertiary/aromatic N) is 1. The fraction of sp³-hybridized carbons (Fsp3) is 0.556. The molecule has 1 aromatic rings. The molecular weight excluding hydrogens is 365 g/mol. The average molecular weight is 386 g/mol. The number of nitrogens with one attached hydrogen (secondary N) is 1. The van der Waals surface area contributed by atoms with Gasteiger partial charge < -0.3 is 20.1 Å². The normalized spacial score (nSPS) is 19.4. The van der Waals surface area contributed by atoms with Gasteiger partial charge in [0.1, 0.15) is 5.75 Å². The highest BCUT2D eigenvalue weighted by atomic mass is 19.4. The van der Waals surface area contributed by atoms with Crippen molar-refractivity contribution in [2.75, 3.05) is 13.1 Å². The minimum atomic E-state index is -4.77. The molecule has 1 atom stereocenters. The fourth-order valence-electron chi connectivity index (χ4n) is 3.36. The zero-order valence-electron chi connectivity index (χ0n) is 14.5. The Hall–Kier alpha value is -2.45. The molecule has 0 bridgehead atoms. The summed E-state index contributed by atoms with van der Waals surface area (Å²) in [5.41, 5.74) is 0.563. The van der Waals surface area contributed by atoms with Crippen LogP contribution in [0.2, 0.25) is 0 Å². The summed E-state index contributed by atoms with van der Waals surface area (Å²) >= 11 is 0. The molecule has 1 saturated carbocycles. The van der Waals surface area contributed by atoms with Gasteiger partial charge in [0.05, 0.1) is 12.0 Å². The number of rotatable bonds is 5. The first-order valence-electron chi connectivity index (χ1n) is 8.87. The molecule has 27 heavy (non-hydrogen) atoms. The molecule has 1 unspecified atom stereocenters. The van der Waals surface area contributed by atoms with Crippen LogP contribution in [0.5, 0.6) is 5.75 Å². The van der Waals surface area contributed by atoms with Crippen LogP contribution < -0.4 is 10.1 Å². The number of hydrogen-bond acceptors (Lipinski definition) is 3. The van der Waals surface area contributed by atoms with Gasteiger partial charge in [-0.1, -0.05) is 12.1 Å². The van der Waals surface area contributed by atoms with Gasteiger partial charge in [-0.15, -0.1) is 13.2 Å². The number of halogens is 3. The lowest BCUT2D eigenvalue weighted by molar-refractivity contribution is -0.274. The standard InChI is InChI=1S/C18H21F3N2O4/c19-18(20,21)27-14-3-1-2-13(10-14)15(11-4-5-11)22-17(26)23-8-6-12(7-9-23)16(24)25/h1-3,10-12,15H,4-9H2,(H,22,26)(H,24,25). The molecular formula is C18H21F3N2O4. The second kappa shape index (κ2) is 7.66. The van der Waals surface area contributed by atoms with Gasteiger partial charge >= 0.3 is 18.4 Å². The van der Waals surface area contributed by atoms with E-state index >= 15 is 0 Å². The minimum absolute atomic E-state index is 0.173. The number of aliphatic carboxylic acids is 1. The van der Waals surface area contributed by atoms with E-state index in [-0.39, 0.29) is 17.7 Å². The quantitative estimate of drug-likeness (QED) is 0.811. The zero-order chi connectivity index (χ0) is 19.6. The van der Waals surface area contributed by atoms with Crippen molar-refractivity contribution in [2.24, 2.45) is 11.8 Å². The first-order chi connectivity index (χ1) is 12.7. The number of alkyl halides is 3. The number of piperidine rings is 1. The molecule has 2 amide bonds. The number of urea groups is 1. The Morgan fingerprint density at radius 2 is 1.85 bits per heavy atom. The molecule has 1 saturated heterocycles. The summed E-state index contributed by atoms with van der Waals surface area (Å²) in [7, 11) is 0. The Balaban J connectivity index is 1.66. The Kier molecular flexibility index (Phi) is 5.48. The number of carbonyl (C=O) groups is 2. The van der Waals surface area contributed by atoms with Gasteiger partial charge in [-0.25, -0.2) is 4.79 Å². The van der Waals surface area contributed by atoms with Crippen LogP contribution in [0.3, 0.4) is 0 Å². The Morgan fingerprint density at radius 3 is 2.41 bits per heavy atom. The van der Waals surface area contributed by atoms with Gasteiger partial charge in [0.2, 0.25) is 0 Å². The minimum Gasteiger partial charge on any atom is -0.481 e. The van der Waals surface area contributed by atoms with Gasteiger partial charge in [-0.3, -0.25) is 4.79 Å². The molecule has 1 aliphatic carbocycles. The lowest BCUT2D eigenvalue weighted by Crippen LogP contribution is -2.46. The van der Waals surface area contributed by atoms with E-state index in [0.29, 0.717) is 31.5 Å². The van der Waals surface area contributed by atoms with Crippen molar-refractivity contribution in [1.82, 2.24) is 10.2 Å². The number of hydrogen-bond donors (Lipinski definition) is 2. The topological polar surface area (TPSA) is 78.9 Å². The van der Waals surface area contributed by atoms with E-state index in [2.05, 4.69) is 10.1 Å². The summed E-state index contributed by atoms with van der Waals surface area (Å²) < 4.78 is 41.3. The van der Waals surface area contributed by atoms with Gasteiger partial charge in [-0.05, 0) is 49.3 Å². The van der Waals surface area contributed by atoms with Crippen LogP contribution >= 0.6 is 0 Å². The largest absolute Gasteiger partial charge is 0.573 e. The maximum absolute atomic E-state index is 12.6. The van der Waals surface area contributed by atoms with E-state index in [1.54, 1.807) is 11.0 Å². The van der Waals surface area contributed by atoms with Gasteiger partial charge in [0, 0.05) is 13.1 Å². The van der Waals surface area contributed by atoms with Crippen molar-refractivity contribution in [1.29, 1.82) is 0 Å². The van der Waals surface area contributed by atoms with Crippen LogP contribution in [-0.4, -0.2) is 41.5 Å². The van der Waals surface area contributed by atoms with Crippen molar-refractivity contribution in [3.05, 3.63) is 29.8 Å². The predicted octanol–water partition coefficient (Wildman–Crippen LogP) is 3.54. The Bertz CT molecular complexity index is 698. The molecule has 1 heterocycles. The third kappa shape index (κ3) is 5.27. The van der Waals surface area contributed by atoms with E-state index in [1.807, 2.05) is 0 Å². The van der Waals surface area contributed by atoms with Gasteiger partial charge in [-0.2, -0.15) is 0 Å². The third-order valence-corrected chi connectivity index (χ3v) is 4.95. The lowest BCUT2D eigenvalue weighted by Gasteiger charge is -2.32. The molecule has 2 fully saturated rings. The van der Waals surface area contributed by atoms with Gasteiger partial charge in [0.25, 0.3) is 0 Å². The second-order valence-electron chi connectivity index (χ2n) is 6.98. The predicted molar refractivity (Wildman–Crippen MR) is 89.1 cm³/mol. The summed E-state index contributed by atoms with van der Waals surface area (Å²) in [4.78, 5) is 25.1. The molecule has 0 aromatic heterocycles. The van der Waals surface area contributed by atoms with Crippen molar-refractivity contribution in [3.63, 3.8) is 0 Å². The van der Waals surface area contributed by atoms with E-state index in [0.717, 1.165) is 12.8 Å². The van der Waals surface area contributed by atoms with Crippen LogP contribution in [-0.2, 0) is 4.79 Å². The molecule has 148 valence electrons. The number of carbonyl (C=O) groups excluding carboxylic acids is 1. The van der Waals surface area contributed by atoms with E-state index in [1.165, 1.54) is 18.2 Å². The van der Waals surface area contributed by atoms with Crippen molar-refractivity contribution in [3.8, 4) is 5.75 Å². The molecule has 1 aliphatic heterocycles. The second-order valence-corrected chi connectivity index (χ2v) is 6.98. The zero-order valence-corrected chi connectivity index (χ0v) is 14.5. The van der Waals surface area contributed by atoms with E-state index in [4.69, 9.17) is 5.11 Å². The molecule has 2 N–H and O–H groups in total. The summed E-state index contributed by atoms with van der Waals surface area (Å²) in [6, 6.07) is 4.94. The first-order valence-corrected chi connectivity index (χ1v) is 8.87. The fourth-order valence-corrected chi connectivity index (χ4v) is 3.36. The molecule has 3 rings (SSSR count). The maximum atomic E-state index is 12.6. The third-order valence-electron chi connectivity index (χ3n) is 4.95. The van der Waals surface area contributed by atoms with Crippen LogP contribution in [0, 0.1) is 11.8 Å². The maximum Gasteiger partial charge on any atom is 0.573 e. The molecule has 6 nitrogen and oxygen atoms in total. The average Bonchev–Trinajstić information content (AvgIpc) is 3.43. The Morgan fingerprint density at radius 1 is 1.19 bits per heavy atom. The number of amides is 2. The number of benzene rings is 1. The first kappa shape index (κ1) is 19.3. The smallest absolute Gasteiger partial charge is 0.481 e. The van der Waals surface area contributed by atoms with Crippen molar-refractivity contribution in [2.45, 2.75) is 38.1 Å². The van der Waals surface area contributed by atoms with Crippen LogP contribution in [0.25, 0.3) is 0 Å². The van der Waals surface area contributed by atoms with Crippen molar-refractivity contribution < 1.29 is 32.6 Å².